The third-order valence-electron chi connectivity index (χ3n) is 7.20. The second kappa shape index (κ2) is 9.10. The van der Waals surface area contributed by atoms with Gasteiger partial charge < -0.3 is 24.8 Å². The number of likely N-dealkylation sites (tertiary alicyclic amines) is 1. The van der Waals surface area contributed by atoms with E-state index >= 15 is 0 Å². The average Bonchev–Trinajstić information content (AvgIpc) is 3.52. The van der Waals surface area contributed by atoms with Gasteiger partial charge >= 0.3 is 12.1 Å². The second-order valence-electron chi connectivity index (χ2n) is 9.03. The molecule has 2 N–H and O–H groups in total. The van der Waals surface area contributed by atoms with E-state index in [0.717, 1.165) is 22.3 Å². The number of benzene rings is 2. The summed E-state index contributed by atoms with van der Waals surface area (Å²) in [5.74, 6) is -1.54. The van der Waals surface area contributed by atoms with Crippen molar-refractivity contribution in [1.82, 2.24) is 10.2 Å². The van der Waals surface area contributed by atoms with Crippen LogP contribution in [-0.2, 0) is 19.1 Å². The Balaban J connectivity index is 1.26. The zero-order valence-electron chi connectivity index (χ0n) is 19.0. The van der Waals surface area contributed by atoms with Crippen molar-refractivity contribution in [1.29, 1.82) is 0 Å². The number of alkyl carbamates (subject to hydrolysis) is 1. The molecule has 2 heterocycles. The van der Waals surface area contributed by atoms with Crippen LogP contribution in [0, 0.1) is 0 Å². The maximum atomic E-state index is 13.3. The molecule has 2 aliphatic heterocycles. The van der Waals surface area contributed by atoms with Crippen LogP contribution in [0.4, 0.5) is 4.79 Å². The molecule has 0 saturated carbocycles. The van der Waals surface area contributed by atoms with E-state index in [2.05, 4.69) is 17.4 Å². The van der Waals surface area contributed by atoms with Crippen LogP contribution in [-0.4, -0.2) is 65.4 Å². The summed E-state index contributed by atoms with van der Waals surface area (Å²) in [6.07, 6.45) is 0.239. The van der Waals surface area contributed by atoms with Crippen molar-refractivity contribution in [3.8, 4) is 11.1 Å². The Bertz CT molecular complexity index is 1070. The third-order valence-corrected chi connectivity index (χ3v) is 7.20. The highest BCUT2D eigenvalue weighted by atomic mass is 16.5. The molecule has 0 bridgehead atoms. The summed E-state index contributed by atoms with van der Waals surface area (Å²) in [4.78, 5) is 39.2. The van der Waals surface area contributed by atoms with E-state index in [1.54, 1.807) is 6.92 Å². The van der Waals surface area contributed by atoms with Crippen molar-refractivity contribution in [3.63, 3.8) is 0 Å². The summed E-state index contributed by atoms with van der Waals surface area (Å²) in [7, 11) is 0. The van der Waals surface area contributed by atoms with Gasteiger partial charge in [0.1, 0.15) is 18.7 Å². The Kier molecular flexibility index (Phi) is 6.00. The Morgan fingerprint density at radius 1 is 1.12 bits per heavy atom. The molecule has 2 aromatic rings. The van der Waals surface area contributed by atoms with Gasteiger partial charge in [0.2, 0.25) is 5.91 Å². The van der Waals surface area contributed by atoms with E-state index in [1.165, 1.54) is 4.90 Å². The van der Waals surface area contributed by atoms with Crippen molar-refractivity contribution in [2.45, 2.75) is 56.3 Å². The van der Waals surface area contributed by atoms with Crippen molar-refractivity contribution in [2.24, 2.45) is 0 Å². The lowest BCUT2D eigenvalue weighted by Crippen LogP contribution is -2.54. The SMILES string of the molecule is CC[C@@H](NC(=O)OCC1c2ccccc2-c2ccccc21)C(=O)N1C(C(=O)O)CC2OCCC21. The lowest BCUT2D eigenvalue weighted by molar-refractivity contribution is -0.150. The number of aliphatic carboxylic acids is 1. The van der Waals surface area contributed by atoms with Gasteiger partial charge in [-0.05, 0) is 35.1 Å². The molecule has 8 heteroatoms. The maximum absolute atomic E-state index is 13.3. The van der Waals surface area contributed by atoms with Gasteiger partial charge in [0.15, 0.2) is 0 Å². The number of nitrogens with one attached hydrogen (secondary N) is 1. The lowest BCUT2D eigenvalue weighted by Gasteiger charge is -2.30. The fourth-order valence-corrected chi connectivity index (χ4v) is 5.58. The molecule has 2 saturated heterocycles. The number of carbonyl (C=O) groups excluding carboxylic acids is 2. The summed E-state index contributed by atoms with van der Waals surface area (Å²) in [5.41, 5.74) is 4.48. The largest absolute Gasteiger partial charge is 0.480 e. The first-order chi connectivity index (χ1) is 16.5. The van der Waals surface area contributed by atoms with Crippen molar-refractivity contribution < 1.29 is 29.0 Å². The highest BCUT2D eigenvalue weighted by Crippen LogP contribution is 2.44. The number of hydrogen-bond donors (Lipinski definition) is 2. The van der Waals surface area contributed by atoms with Crippen LogP contribution < -0.4 is 5.32 Å². The number of fused-ring (bicyclic) bond motifs is 4. The van der Waals surface area contributed by atoms with E-state index < -0.39 is 30.1 Å². The van der Waals surface area contributed by atoms with Gasteiger partial charge in [-0.1, -0.05) is 55.5 Å². The molecule has 5 rings (SSSR count). The minimum Gasteiger partial charge on any atom is -0.480 e. The molecule has 2 fully saturated rings. The van der Waals surface area contributed by atoms with Gasteiger partial charge in [-0.3, -0.25) is 4.79 Å². The van der Waals surface area contributed by atoms with Gasteiger partial charge in [0, 0.05) is 18.9 Å². The van der Waals surface area contributed by atoms with Crippen LogP contribution in [0.2, 0.25) is 0 Å². The number of carboxylic acids is 1. The Labute approximate surface area is 197 Å². The van der Waals surface area contributed by atoms with Crippen molar-refractivity contribution >= 4 is 18.0 Å². The highest BCUT2D eigenvalue weighted by Gasteiger charge is 2.51. The van der Waals surface area contributed by atoms with Gasteiger partial charge in [-0.15, -0.1) is 0 Å². The van der Waals surface area contributed by atoms with Crippen molar-refractivity contribution in [2.75, 3.05) is 13.2 Å². The first-order valence-electron chi connectivity index (χ1n) is 11.8. The number of hydrogen-bond acceptors (Lipinski definition) is 5. The molecular weight excluding hydrogens is 436 g/mol. The van der Waals surface area contributed by atoms with Gasteiger partial charge in [-0.25, -0.2) is 9.59 Å². The monoisotopic (exact) mass is 464 g/mol. The van der Waals surface area contributed by atoms with E-state index in [0.29, 0.717) is 19.4 Å². The van der Waals surface area contributed by atoms with Gasteiger partial charge in [0.05, 0.1) is 12.1 Å². The molecule has 8 nitrogen and oxygen atoms in total. The summed E-state index contributed by atoms with van der Waals surface area (Å²) in [5, 5.41) is 12.3. The number of carbonyl (C=O) groups is 3. The van der Waals surface area contributed by atoms with E-state index in [-0.39, 0.29) is 31.1 Å². The lowest BCUT2D eigenvalue weighted by atomic mass is 9.98. The standard InChI is InChI=1S/C26H28N2O6/c1-2-20(24(29)28-21-11-12-33-23(21)13-22(28)25(30)31)27-26(32)34-14-19-17-9-5-3-7-15(17)16-8-4-6-10-18(16)19/h3-10,19-23H,2,11-14H2,1H3,(H,27,32)(H,30,31)/t20-,21?,22?,23?/m1/s1. The van der Waals surface area contributed by atoms with Gasteiger partial charge in [-0.2, -0.15) is 0 Å². The summed E-state index contributed by atoms with van der Waals surface area (Å²) in [6.45, 7) is 2.42. The molecular formula is C26H28N2O6. The predicted molar refractivity (Wildman–Crippen MR) is 123 cm³/mol. The number of rotatable bonds is 6. The first kappa shape index (κ1) is 22.4. The Hall–Kier alpha value is -3.39. The van der Waals surface area contributed by atoms with E-state index in [1.807, 2.05) is 36.4 Å². The summed E-state index contributed by atoms with van der Waals surface area (Å²) < 4.78 is 11.2. The molecule has 34 heavy (non-hydrogen) atoms. The predicted octanol–water partition coefficient (Wildman–Crippen LogP) is 3.15. The third kappa shape index (κ3) is 3.81. The molecule has 4 atom stereocenters. The smallest absolute Gasteiger partial charge is 0.407 e. The molecule has 0 radical (unpaired) electrons. The van der Waals surface area contributed by atoms with E-state index in [4.69, 9.17) is 9.47 Å². The molecule has 2 aromatic carbocycles. The quantitative estimate of drug-likeness (QED) is 0.681. The second-order valence-corrected chi connectivity index (χ2v) is 9.03. The molecule has 0 spiro atoms. The van der Waals surface area contributed by atoms with Crippen LogP contribution in [0.3, 0.4) is 0 Å². The Morgan fingerprint density at radius 3 is 2.38 bits per heavy atom. The number of nitrogens with zero attached hydrogens (tertiary/aromatic N) is 1. The molecule has 178 valence electrons. The van der Waals surface area contributed by atoms with Crippen LogP contribution in [0.5, 0.6) is 0 Å². The molecule has 2 amide bonds. The maximum Gasteiger partial charge on any atom is 0.407 e. The molecule has 1 aliphatic carbocycles. The van der Waals surface area contributed by atoms with Crippen LogP contribution in [0.15, 0.2) is 48.5 Å². The van der Waals surface area contributed by atoms with Gasteiger partial charge in [0.25, 0.3) is 0 Å². The zero-order valence-corrected chi connectivity index (χ0v) is 19.0. The topological polar surface area (TPSA) is 105 Å². The fourth-order valence-electron chi connectivity index (χ4n) is 5.58. The fraction of sp³-hybridized carbons (Fsp3) is 0.423. The minimum atomic E-state index is -1.05. The highest BCUT2D eigenvalue weighted by molar-refractivity contribution is 5.90. The van der Waals surface area contributed by atoms with Crippen LogP contribution in [0.1, 0.15) is 43.2 Å². The average molecular weight is 465 g/mol. The number of amides is 2. The Morgan fingerprint density at radius 2 is 1.76 bits per heavy atom. The normalized spacial score (nSPS) is 23.7. The first-order valence-corrected chi connectivity index (χ1v) is 11.8. The van der Waals surface area contributed by atoms with Crippen LogP contribution >= 0.6 is 0 Å². The van der Waals surface area contributed by atoms with E-state index in [9.17, 15) is 19.5 Å². The van der Waals surface area contributed by atoms with Crippen LogP contribution in [0.25, 0.3) is 11.1 Å². The summed E-state index contributed by atoms with van der Waals surface area (Å²) >= 11 is 0. The van der Waals surface area contributed by atoms with Crippen molar-refractivity contribution in [3.05, 3.63) is 59.7 Å². The zero-order chi connectivity index (χ0) is 23.8. The number of ether oxygens (including phenoxy) is 2. The summed E-state index contributed by atoms with van der Waals surface area (Å²) in [6, 6.07) is 14.1. The number of carboxylic acid groups (broad SMARTS) is 1. The minimum absolute atomic E-state index is 0.0831. The molecule has 0 aromatic heterocycles. The molecule has 3 unspecified atom stereocenters. The molecule has 3 aliphatic rings.